The summed E-state index contributed by atoms with van der Waals surface area (Å²) in [6.07, 6.45) is 4.32. The lowest BCUT2D eigenvalue weighted by Gasteiger charge is -2.14. The molecule has 5 rings (SSSR count). The Kier molecular flexibility index (Phi) is 8.86. The third-order valence-corrected chi connectivity index (χ3v) is 7.58. The second-order valence-corrected chi connectivity index (χ2v) is 12.3. The first kappa shape index (κ1) is 29.2. The Morgan fingerprint density at radius 3 is 2.71 bits per heavy atom. The Morgan fingerprint density at radius 1 is 1.10 bits per heavy atom. The lowest BCUT2D eigenvalue weighted by atomic mass is 10.1. The first-order chi connectivity index (χ1) is 20.2. The van der Waals surface area contributed by atoms with Gasteiger partial charge in [-0.3, -0.25) is 0 Å². The molecule has 3 aromatic carbocycles. The van der Waals surface area contributed by atoms with Crippen LogP contribution < -0.4 is 15.4 Å². The molecule has 0 saturated heterocycles. The maximum atomic E-state index is 13.5. The Hall–Kier alpha value is -4.25. The number of hydrogen-bond donors (Lipinski definition) is 2. The highest BCUT2D eigenvalue weighted by molar-refractivity contribution is 7.90. The molecule has 0 spiro atoms. The van der Waals surface area contributed by atoms with Crippen LogP contribution in [0.3, 0.4) is 0 Å². The summed E-state index contributed by atoms with van der Waals surface area (Å²) in [5, 5.41) is 7.56. The van der Waals surface area contributed by atoms with Crippen molar-refractivity contribution in [1.82, 2.24) is 15.3 Å². The van der Waals surface area contributed by atoms with Gasteiger partial charge in [-0.2, -0.15) is 0 Å². The van der Waals surface area contributed by atoms with Crippen LogP contribution in [0.25, 0.3) is 22.2 Å². The molecule has 216 valence electrons. The highest BCUT2D eigenvalue weighted by Gasteiger charge is 2.21. The van der Waals surface area contributed by atoms with Crippen LogP contribution in [0.15, 0.2) is 96.2 Å². The van der Waals surface area contributed by atoms with Gasteiger partial charge >= 0.3 is 0 Å². The zero-order chi connectivity index (χ0) is 29.7. The number of rotatable bonds is 12. The van der Waals surface area contributed by atoms with E-state index in [0.29, 0.717) is 51.4 Å². The van der Waals surface area contributed by atoms with Crippen molar-refractivity contribution in [2.24, 2.45) is 0 Å². The first-order valence-electron chi connectivity index (χ1n) is 13.0. The zero-order valence-corrected chi connectivity index (χ0v) is 24.3. The largest absolute Gasteiger partial charge is 0.487 e. The zero-order valence-electron chi connectivity index (χ0n) is 22.7. The fraction of sp³-hybridized carbons (Fsp3) is 0.161. The molecule has 0 amide bonds. The van der Waals surface area contributed by atoms with Gasteiger partial charge in [0.15, 0.2) is 0 Å². The maximum absolute atomic E-state index is 13.5. The molecule has 1 atom stereocenters. The van der Waals surface area contributed by atoms with E-state index in [1.54, 1.807) is 42.5 Å². The van der Waals surface area contributed by atoms with Crippen LogP contribution in [0.1, 0.15) is 17.4 Å². The van der Waals surface area contributed by atoms with E-state index in [0.717, 1.165) is 10.9 Å². The first-order valence-corrected chi connectivity index (χ1v) is 15.4. The summed E-state index contributed by atoms with van der Waals surface area (Å²) in [6.45, 7) is 4.30. The summed E-state index contributed by atoms with van der Waals surface area (Å²) >= 11 is 6.48. The standard InChI is InChI=1S/C31H28ClFN4O4S/c1-3-13-34-27(18-42(2,38)39)30-12-11-28(41-30)21-7-9-26-24(15-21)31(36-19-35-26)37-23-8-10-29(25(32)16-23)40-17-20-5-4-6-22(33)14-20/h3-12,14-16,19,27,34H,1,13,17-18H2,2H3,(H,35,36,37)/t27-/m0/s1. The number of halogens is 2. The van der Waals surface area contributed by atoms with E-state index in [1.807, 2.05) is 24.3 Å². The Balaban J connectivity index is 1.36. The quantitative estimate of drug-likeness (QED) is 0.148. The summed E-state index contributed by atoms with van der Waals surface area (Å²) in [4.78, 5) is 8.81. The Bertz CT molecular complexity index is 1840. The van der Waals surface area contributed by atoms with Gasteiger partial charge in [0.25, 0.3) is 0 Å². The smallest absolute Gasteiger partial charge is 0.149 e. The molecule has 42 heavy (non-hydrogen) atoms. The molecule has 5 aromatic rings. The lowest BCUT2D eigenvalue weighted by Crippen LogP contribution is -2.27. The fourth-order valence-electron chi connectivity index (χ4n) is 4.39. The topological polar surface area (TPSA) is 106 Å². The molecule has 2 aromatic heterocycles. The number of benzene rings is 3. The van der Waals surface area contributed by atoms with Gasteiger partial charge in [-0.05, 0) is 66.2 Å². The van der Waals surface area contributed by atoms with E-state index in [2.05, 4.69) is 27.2 Å². The van der Waals surface area contributed by atoms with E-state index in [-0.39, 0.29) is 18.2 Å². The SMILES string of the molecule is C=CCN[C@@H](CS(C)(=O)=O)c1ccc(-c2ccc3ncnc(Nc4ccc(OCc5cccc(F)c5)c(Cl)c4)c3c2)o1. The number of nitrogens with one attached hydrogen (secondary N) is 2. The third-order valence-electron chi connectivity index (χ3n) is 6.35. The molecule has 0 unspecified atom stereocenters. The summed E-state index contributed by atoms with van der Waals surface area (Å²) < 4.78 is 49.3. The molecular formula is C31H28ClFN4O4S. The van der Waals surface area contributed by atoms with Crippen LogP contribution >= 0.6 is 11.6 Å². The molecule has 11 heteroatoms. The fourth-order valence-corrected chi connectivity index (χ4v) is 5.52. The van der Waals surface area contributed by atoms with E-state index in [9.17, 15) is 12.8 Å². The molecule has 0 radical (unpaired) electrons. The van der Waals surface area contributed by atoms with Gasteiger partial charge in [-0.1, -0.05) is 29.8 Å². The van der Waals surface area contributed by atoms with Gasteiger partial charge in [0.1, 0.15) is 51.7 Å². The van der Waals surface area contributed by atoms with Gasteiger partial charge in [-0.25, -0.2) is 22.8 Å². The van der Waals surface area contributed by atoms with E-state index in [1.165, 1.54) is 24.7 Å². The number of anilines is 2. The van der Waals surface area contributed by atoms with Crippen molar-refractivity contribution in [3.8, 4) is 17.1 Å². The summed E-state index contributed by atoms with van der Waals surface area (Å²) in [6, 6.07) is 20.2. The number of hydrogen-bond acceptors (Lipinski definition) is 8. The second kappa shape index (κ2) is 12.7. The highest BCUT2D eigenvalue weighted by atomic mass is 35.5. The van der Waals surface area contributed by atoms with Gasteiger partial charge in [0.05, 0.1) is 22.3 Å². The number of ether oxygens (including phenoxy) is 1. The number of nitrogens with zero attached hydrogens (tertiary/aromatic N) is 2. The van der Waals surface area contributed by atoms with Crippen LogP contribution in [0.5, 0.6) is 5.75 Å². The van der Waals surface area contributed by atoms with Gasteiger partial charge in [-0.15, -0.1) is 6.58 Å². The summed E-state index contributed by atoms with van der Waals surface area (Å²) in [7, 11) is -3.26. The van der Waals surface area contributed by atoms with E-state index < -0.39 is 15.9 Å². The highest BCUT2D eigenvalue weighted by Crippen LogP contribution is 2.33. The van der Waals surface area contributed by atoms with Crippen molar-refractivity contribution < 1.29 is 22.0 Å². The van der Waals surface area contributed by atoms with Crippen molar-refractivity contribution in [3.63, 3.8) is 0 Å². The summed E-state index contributed by atoms with van der Waals surface area (Å²) in [5.74, 6) is 1.67. The van der Waals surface area contributed by atoms with Crippen molar-refractivity contribution in [2.75, 3.05) is 23.9 Å². The third kappa shape index (κ3) is 7.33. The van der Waals surface area contributed by atoms with E-state index in [4.69, 9.17) is 20.8 Å². The number of sulfone groups is 1. The minimum absolute atomic E-state index is 0.107. The maximum Gasteiger partial charge on any atom is 0.149 e. The summed E-state index contributed by atoms with van der Waals surface area (Å²) in [5.41, 5.74) is 2.86. The lowest BCUT2D eigenvalue weighted by molar-refractivity contribution is 0.306. The van der Waals surface area contributed by atoms with Crippen molar-refractivity contribution in [2.45, 2.75) is 12.6 Å². The van der Waals surface area contributed by atoms with Crippen LogP contribution in [0.2, 0.25) is 5.02 Å². The van der Waals surface area contributed by atoms with E-state index >= 15 is 0 Å². The molecule has 0 aliphatic rings. The van der Waals surface area contributed by atoms with Crippen molar-refractivity contribution in [1.29, 1.82) is 0 Å². The molecule has 0 bridgehead atoms. The minimum atomic E-state index is -3.26. The van der Waals surface area contributed by atoms with Gasteiger partial charge < -0.3 is 19.8 Å². The molecule has 8 nitrogen and oxygen atoms in total. The second-order valence-electron chi connectivity index (χ2n) is 9.69. The van der Waals surface area contributed by atoms with Crippen molar-refractivity contribution >= 4 is 43.8 Å². The minimum Gasteiger partial charge on any atom is -0.487 e. The van der Waals surface area contributed by atoms with Crippen LogP contribution in [-0.2, 0) is 16.4 Å². The number of aromatic nitrogens is 2. The average molecular weight is 607 g/mol. The molecule has 0 aliphatic carbocycles. The predicted molar refractivity (Wildman–Crippen MR) is 163 cm³/mol. The predicted octanol–water partition coefficient (Wildman–Crippen LogP) is 6.87. The molecule has 0 saturated carbocycles. The molecule has 2 N–H and O–H groups in total. The molecular weight excluding hydrogens is 579 g/mol. The molecule has 0 aliphatic heterocycles. The Morgan fingerprint density at radius 2 is 1.95 bits per heavy atom. The molecule has 2 heterocycles. The monoisotopic (exact) mass is 606 g/mol. The van der Waals surface area contributed by atoms with Crippen LogP contribution in [0.4, 0.5) is 15.9 Å². The van der Waals surface area contributed by atoms with Gasteiger partial charge in [0, 0.05) is 29.4 Å². The van der Waals surface area contributed by atoms with Crippen LogP contribution in [0, 0.1) is 5.82 Å². The van der Waals surface area contributed by atoms with Gasteiger partial charge in [0.2, 0.25) is 0 Å². The Labute approximate surface area is 248 Å². The number of furan rings is 1. The van der Waals surface area contributed by atoms with Crippen LogP contribution in [-0.4, -0.2) is 36.9 Å². The average Bonchev–Trinajstić information content (AvgIpc) is 3.45. The van der Waals surface area contributed by atoms with Crippen molar-refractivity contribution in [3.05, 3.63) is 114 Å². The normalized spacial score (nSPS) is 12.3. The molecule has 0 fully saturated rings. The number of fused-ring (bicyclic) bond motifs is 1.